The Balaban J connectivity index is 0.000000197. The number of hydrogen-bond donors (Lipinski definition) is 5. The first-order chi connectivity index (χ1) is 30.8. The average molecular weight is 946 g/mol. The molecule has 6 atom stereocenters. The average Bonchev–Trinajstić information content (AvgIpc) is 3.26. The van der Waals surface area contributed by atoms with Crippen molar-refractivity contribution in [1.82, 2.24) is 20.2 Å². The Bertz CT molecular complexity index is 2770. The lowest BCUT2D eigenvalue weighted by molar-refractivity contribution is -0.147. The number of esters is 2. The fourth-order valence-corrected chi connectivity index (χ4v) is 12.1. The molecule has 4 aromatic rings. The normalized spacial score (nSPS) is 26.8. The summed E-state index contributed by atoms with van der Waals surface area (Å²) in [6, 6.07) is 14.3. The molecule has 4 bridgehead atoms. The number of nitrogens with zero attached hydrogens (tertiary/aromatic N) is 1. The predicted molar refractivity (Wildman–Crippen MR) is 250 cm³/mol. The number of rotatable bonds is 4. The van der Waals surface area contributed by atoms with Crippen LogP contribution in [0.2, 0.25) is 0 Å². The molecule has 2 saturated heterocycles. The number of methoxy groups -OCH3 is 4. The first kappa shape index (κ1) is 49.2. The van der Waals surface area contributed by atoms with Gasteiger partial charge in [0.15, 0.2) is 0 Å². The molecule has 6 aliphatic rings. The molecule has 5 N–H and O–H groups in total. The summed E-state index contributed by atoms with van der Waals surface area (Å²) in [5, 5.41) is 28.2. The van der Waals surface area contributed by atoms with E-state index in [2.05, 4.69) is 21.4 Å². The molecule has 67 heavy (non-hydrogen) atoms. The van der Waals surface area contributed by atoms with Crippen LogP contribution in [-0.2, 0) is 63.6 Å². The molecule has 17 heteroatoms. The summed E-state index contributed by atoms with van der Waals surface area (Å²) in [7, 11) is 5.72. The molecule has 1 amide bonds. The lowest BCUT2D eigenvalue weighted by atomic mass is 9.49. The van der Waals surface area contributed by atoms with Crippen LogP contribution in [0.1, 0.15) is 107 Å². The zero-order chi connectivity index (χ0) is 46.4. The van der Waals surface area contributed by atoms with Crippen molar-refractivity contribution in [2.24, 2.45) is 0 Å². The van der Waals surface area contributed by atoms with Gasteiger partial charge >= 0.3 is 18.0 Å². The van der Waals surface area contributed by atoms with Gasteiger partial charge in [-0.3, -0.25) is 9.59 Å². The molecule has 2 aromatic heterocycles. The molecular weight excluding hydrogens is 884 g/mol. The van der Waals surface area contributed by atoms with Gasteiger partial charge in [0.05, 0.1) is 45.7 Å². The number of halogens is 1. The van der Waals surface area contributed by atoms with E-state index >= 15 is 0 Å². The number of pyridine rings is 2. The molecule has 360 valence electrons. The van der Waals surface area contributed by atoms with Crippen LogP contribution in [-0.4, -0.2) is 114 Å². The Morgan fingerprint density at radius 3 is 1.67 bits per heavy atom. The maximum absolute atomic E-state index is 13.3. The fraction of sp³-hybridized carbons (Fsp3) is 0.500. The number of nitrogens with one attached hydrogen (secondary N) is 3. The van der Waals surface area contributed by atoms with Crippen LogP contribution in [0, 0.1) is 0 Å². The monoisotopic (exact) mass is 944 g/mol. The van der Waals surface area contributed by atoms with Crippen molar-refractivity contribution in [3.05, 3.63) is 125 Å². The highest BCUT2D eigenvalue weighted by Gasteiger charge is 2.66. The third kappa shape index (κ3) is 7.60. The van der Waals surface area contributed by atoms with E-state index in [1.807, 2.05) is 51.1 Å². The smallest absolute Gasteiger partial charge is 0.410 e. The fourth-order valence-electron chi connectivity index (χ4n) is 12.1. The highest BCUT2D eigenvalue weighted by molar-refractivity contribution is 5.89. The Hall–Kier alpha value is -5.68. The Morgan fingerprint density at radius 2 is 1.18 bits per heavy atom. The number of hydrogen-bond acceptors (Lipinski definition) is 13. The van der Waals surface area contributed by atoms with Crippen molar-refractivity contribution in [3.8, 4) is 11.5 Å². The number of likely N-dealkylation sites (tertiary alicyclic amines) is 1. The maximum atomic E-state index is 13.3. The minimum absolute atomic E-state index is 0. The predicted octanol–water partition coefficient (Wildman–Crippen LogP) is 4.42. The van der Waals surface area contributed by atoms with E-state index in [0.717, 1.165) is 53.1 Å². The highest BCUT2D eigenvalue weighted by atomic mass is 35.5. The van der Waals surface area contributed by atoms with Gasteiger partial charge in [-0.2, -0.15) is 0 Å². The number of aliphatic hydroxyl groups is 2. The summed E-state index contributed by atoms with van der Waals surface area (Å²) in [4.78, 5) is 70.1. The Labute approximate surface area is 395 Å². The number of aromatic nitrogens is 2. The summed E-state index contributed by atoms with van der Waals surface area (Å²) < 4.78 is 26.2. The van der Waals surface area contributed by atoms with Gasteiger partial charge in [-0.25, -0.2) is 14.4 Å². The molecule has 0 spiro atoms. The molecule has 2 aromatic carbocycles. The maximum Gasteiger partial charge on any atom is 0.410 e. The lowest BCUT2D eigenvalue weighted by Crippen LogP contribution is -2.75. The quantitative estimate of drug-likeness (QED) is 0.142. The summed E-state index contributed by atoms with van der Waals surface area (Å²) in [6.45, 7) is 6.65. The number of piperidine rings is 2. The van der Waals surface area contributed by atoms with Crippen LogP contribution in [0.5, 0.6) is 11.5 Å². The molecule has 4 aliphatic carbocycles. The number of benzene rings is 2. The zero-order valence-corrected chi connectivity index (χ0v) is 39.0. The molecular formula is C50H61ClN4O12. The van der Waals surface area contributed by atoms with Crippen molar-refractivity contribution in [2.75, 3.05) is 41.5 Å². The van der Waals surface area contributed by atoms with Gasteiger partial charge in [0, 0.05) is 60.5 Å². The van der Waals surface area contributed by atoms with Gasteiger partial charge < -0.3 is 54.1 Å². The SMILES string of the molecule is C.COC(=O)c1cc2c([nH]c1=O)C[C@]13CCN(C(=O)OC(C)(C)C)[C@H](Cc4ccc(OC)cc41)[C@]3(O)C2.COC(=O)c1cc2c([nH]c1=O)C[C@]13CCN[C@H](Cc4ccc(OC)cc41)[C@]3(O)C2.Cl. The van der Waals surface area contributed by atoms with Gasteiger partial charge in [-0.1, -0.05) is 19.6 Å². The Kier molecular flexibility index (Phi) is 12.8. The summed E-state index contributed by atoms with van der Waals surface area (Å²) >= 11 is 0. The van der Waals surface area contributed by atoms with Crippen LogP contribution in [0.25, 0.3) is 0 Å². The Morgan fingerprint density at radius 1 is 0.687 bits per heavy atom. The van der Waals surface area contributed by atoms with Gasteiger partial charge in [-0.05, 0) is 123 Å². The van der Waals surface area contributed by atoms with Crippen LogP contribution < -0.4 is 25.9 Å². The van der Waals surface area contributed by atoms with E-state index in [1.54, 1.807) is 25.2 Å². The number of carbonyl (C=O) groups excluding carboxylic acids is 3. The molecule has 16 nitrogen and oxygen atoms in total. The first-order valence-electron chi connectivity index (χ1n) is 22.0. The second kappa shape index (κ2) is 17.4. The number of carbonyl (C=O) groups is 3. The number of fused-ring (bicyclic) bond motifs is 4. The number of ether oxygens (including phenoxy) is 5. The van der Waals surface area contributed by atoms with Gasteiger partial charge in [0.2, 0.25) is 0 Å². The molecule has 0 radical (unpaired) electrons. The molecule has 2 aliphatic heterocycles. The van der Waals surface area contributed by atoms with E-state index in [4.69, 9.17) is 23.7 Å². The van der Waals surface area contributed by atoms with Crippen molar-refractivity contribution in [1.29, 1.82) is 0 Å². The molecule has 10 rings (SSSR count). The van der Waals surface area contributed by atoms with Crippen LogP contribution in [0.4, 0.5) is 4.79 Å². The topological polar surface area (TPSA) is 219 Å². The van der Waals surface area contributed by atoms with Gasteiger partial charge in [0.1, 0.15) is 28.2 Å². The number of H-pyrrole nitrogens is 2. The van der Waals surface area contributed by atoms with Crippen LogP contribution in [0.3, 0.4) is 0 Å². The second-order valence-electron chi connectivity index (χ2n) is 19.4. The van der Waals surface area contributed by atoms with Crippen molar-refractivity contribution in [2.45, 2.75) is 119 Å². The second-order valence-corrected chi connectivity index (χ2v) is 19.4. The van der Waals surface area contributed by atoms with E-state index in [0.29, 0.717) is 55.7 Å². The highest BCUT2D eigenvalue weighted by Crippen LogP contribution is 2.58. The number of amides is 1. The van der Waals surface area contributed by atoms with Gasteiger partial charge in [0.25, 0.3) is 11.1 Å². The number of aromatic amines is 2. The van der Waals surface area contributed by atoms with E-state index in [1.165, 1.54) is 25.8 Å². The molecule has 0 unspecified atom stereocenters. The third-order valence-corrected chi connectivity index (χ3v) is 15.1. The summed E-state index contributed by atoms with van der Waals surface area (Å²) in [5.74, 6) is 0.0376. The van der Waals surface area contributed by atoms with Crippen molar-refractivity contribution in [3.63, 3.8) is 0 Å². The summed E-state index contributed by atoms with van der Waals surface area (Å²) in [5.41, 5.74) is 1.75. The third-order valence-electron chi connectivity index (χ3n) is 15.1. The molecule has 2 fully saturated rings. The summed E-state index contributed by atoms with van der Waals surface area (Å²) in [6.07, 6.45) is 3.30. The van der Waals surface area contributed by atoms with Crippen molar-refractivity contribution >= 4 is 30.4 Å². The van der Waals surface area contributed by atoms with E-state index in [-0.39, 0.29) is 43.4 Å². The van der Waals surface area contributed by atoms with Crippen LogP contribution >= 0.6 is 12.4 Å². The van der Waals surface area contributed by atoms with E-state index < -0.39 is 62.8 Å². The van der Waals surface area contributed by atoms with Crippen molar-refractivity contribution < 1.29 is 48.3 Å². The minimum atomic E-state index is -1.36. The largest absolute Gasteiger partial charge is 0.497 e. The van der Waals surface area contributed by atoms with E-state index in [9.17, 15) is 34.2 Å². The lowest BCUT2D eigenvalue weighted by Gasteiger charge is -2.63. The molecule has 0 saturated carbocycles. The van der Waals surface area contributed by atoms with Gasteiger partial charge in [-0.15, -0.1) is 12.4 Å². The first-order valence-corrected chi connectivity index (χ1v) is 22.0. The van der Waals surface area contributed by atoms with Crippen LogP contribution in [0.15, 0.2) is 58.1 Å². The minimum Gasteiger partial charge on any atom is -0.497 e. The zero-order valence-electron chi connectivity index (χ0n) is 38.2. The molecule has 4 heterocycles. The standard InChI is InChI=1S/C27H32N2O7.C22H24N2O5.CH4.ClH/c1-25(2,3)36-24(32)29-9-8-26-14-20-16(10-18(22(30)28-20)23(31)35-5)13-27(26,33)21(29)11-15-6-7-17(34-4)12-19(15)26;1-28-14-4-3-12-8-18-22(27)10-13-7-15(20(26)29-2)19(25)24-17(13)11-21(22,5-6-23-18)16(12)9-14;;/h6-7,10,12,21,33H,8-9,11,13-14H2,1-5H3,(H,28,30);3-4,7,9,18,23,27H,5-6,8,10-11H2,1-2H3,(H,24,25);1H4;1H/t21-,26-,27-;18-,21-,22-;;/m11../s1.